The maximum Gasteiger partial charge on any atom is 0.137 e. The molecule has 0 aromatic heterocycles. The van der Waals surface area contributed by atoms with Crippen molar-refractivity contribution >= 4 is 15.9 Å². The number of para-hydroxylation sites is 1. The van der Waals surface area contributed by atoms with Gasteiger partial charge in [-0.05, 0) is 59.5 Å². The van der Waals surface area contributed by atoms with Gasteiger partial charge in [0.05, 0.1) is 4.47 Å². The van der Waals surface area contributed by atoms with Crippen molar-refractivity contribution in [2.45, 2.75) is 20.8 Å². The molecule has 17 heavy (non-hydrogen) atoms. The molecule has 0 aliphatic heterocycles. The first kappa shape index (κ1) is 12.2. The molecular weight excluding hydrogens is 276 g/mol. The number of phenolic OH excluding ortho intramolecular Hbond substituents is 1. The standard InChI is InChI=1S/C15H15BrO/c1-9-7-10(2)14(11(3)8-9)12-5-4-6-13(16)15(12)17/h4-8,17H,1-3H3. The lowest BCUT2D eigenvalue weighted by Crippen LogP contribution is -1.90. The van der Waals surface area contributed by atoms with Crippen LogP contribution in [-0.4, -0.2) is 5.11 Å². The summed E-state index contributed by atoms with van der Waals surface area (Å²) >= 11 is 3.36. The number of halogens is 1. The maximum absolute atomic E-state index is 10.1. The van der Waals surface area contributed by atoms with Gasteiger partial charge in [-0.2, -0.15) is 0 Å². The molecule has 0 aliphatic rings. The van der Waals surface area contributed by atoms with E-state index in [4.69, 9.17) is 0 Å². The topological polar surface area (TPSA) is 20.2 Å². The van der Waals surface area contributed by atoms with Crippen molar-refractivity contribution in [3.8, 4) is 16.9 Å². The summed E-state index contributed by atoms with van der Waals surface area (Å²) in [5, 5.41) is 10.1. The van der Waals surface area contributed by atoms with E-state index >= 15 is 0 Å². The molecule has 2 rings (SSSR count). The smallest absolute Gasteiger partial charge is 0.137 e. The molecule has 88 valence electrons. The fourth-order valence-electron chi connectivity index (χ4n) is 2.32. The monoisotopic (exact) mass is 290 g/mol. The number of phenols is 1. The van der Waals surface area contributed by atoms with Crippen molar-refractivity contribution in [1.29, 1.82) is 0 Å². The van der Waals surface area contributed by atoms with Crippen molar-refractivity contribution < 1.29 is 5.11 Å². The summed E-state index contributed by atoms with van der Waals surface area (Å²) in [6, 6.07) is 10.0. The van der Waals surface area contributed by atoms with E-state index in [2.05, 4.69) is 48.8 Å². The van der Waals surface area contributed by atoms with E-state index in [9.17, 15) is 5.11 Å². The highest BCUT2D eigenvalue weighted by Crippen LogP contribution is 2.38. The van der Waals surface area contributed by atoms with Crippen LogP contribution in [0.25, 0.3) is 11.1 Å². The van der Waals surface area contributed by atoms with Gasteiger partial charge in [-0.25, -0.2) is 0 Å². The van der Waals surface area contributed by atoms with Crippen molar-refractivity contribution in [2.75, 3.05) is 0 Å². The molecule has 0 amide bonds. The summed E-state index contributed by atoms with van der Waals surface area (Å²) in [7, 11) is 0. The number of hydrogen-bond acceptors (Lipinski definition) is 1. The van der Waals surface area contributed by atoms with Crippen LogP contribution in [0.1, 0.15) is 16.7 Å². The van der Waals surface area contributed by atoms with Crippen LogP contribution < -0.4 is 0 Å². The second-order valence-corrected chi connectivity index (χ2v) is 5.26. The first-order valence-electron chi connectivity index (χ1n) is 5.56. The highest BCUT2D eigenvalue weighted by Gasteiger charge is 2.12. The first-order valence-corrected chi connectivity index (χ1v) is 6.35. The van der Waals surface area contributed by atoms with E-state index in [-0.39, 0.29) is 0 Å². The fourth-order valence-corrected chi connectivity index (χ4v) is 2.69. The van der Waals surface area contributed by atoms with Crippen LogP contribution in [-0.2, 0) is 0 Å². The normalized spacial score (nSPS) is 10.6. The predicted octanol–water partition coefficient (Wildman–Crippen LogP) is 4.75. The fraction of sp³-hybridized carbons (Fsp3) is 0.200. The first-order chi connectivity index (χ1) is 8.00. The largest absolute Gasteiger partial charge is 0.506 e. The lowest BCUT2D eigenvalue weighted by molar-refractivity contribution is 0.474. The van der Waals surface area contributed by atoms with Crippen LogP contribution in [0.15, 0.2) is 34.8 Å². The van der Waals surface area contributed by atoms with Gasteiger partial charge < -0.3 is 5.11 Å². The summed E-state index contributed by atoms with van der Waals surface area (Å²) in [4.78, 5) is 0. The van der Waals surface area contributed by atoms with Crippen molar-refractivity contribution in [2.24, 2.45) is 0 Å². The van der Waals surface area contributed by atoms with E-state index < -0.39 is 0 Å². The molecule has 0 atom stereocenters. The van der Waals surface area contributed by atoms with Gasteiger partial charge in [-0.15, -0.1) is 0 Å². The molecule has 0 bridgehead atoms. The number of aryl methyl sites for hydroxylation is 3. The van der Waals surface area contributed by atoms with Crippen LogP contribution in [0, 0.1) is 20.8 Å². The summed E-state index contributed by atoms with van der Waals surface area (Å²) in [5.74, 6) is 0.308. The molecule has 0 radical (unpaired) electrons. The number of benzene rings is 2. The number of aromatic hydroxyl groups is 1. The molecule has 0 fully saturated rings. The van der Waals surface area contributed by atoms with Crippen molar-refractivity contribution in [1.82, 2.24) is 0 Å². The summed E-state index contributed by atoms with van der Waals surface area (Å²) < 4.78 is 0.731. The molecule has 0 saturated carbocycles. The Bertz CT molecular complexity index is 550. The molecule has 0 heterocycles. The Kier molecular flexibility index (Phi) is 3.25. The molecular formula is C15H15BrO. The molecule has 2 aromatic carbocycles. The Balaban J connectivity index is 2.73. The Morgan fingerprint density at radius 2 is 1.59 bits per heavy atom. The van der Waals surface area contributed by atoms with E-state index in [1.807, 2.05) is 18.2 Å². The van der Waals surface area contributed by atoms with Crippen LogP contribution in [0.2, 0.25) is 0 Å². The van der Waals surface area contributed by atoms with Gasteiger partial charge in [0.1, 0.15) is 5.75 Å². The lowest BCUT2D eigenvalue weighted by atomic mass is 9.93. The second-order valence-electron chi connectivity index (χ2n) is 4.41. The van der Waals surface area contributed by atoms with E-state index in [0.29, 0.717) is 5.75 Å². The van der Waals surface area contributed by atoms with Crippen LogP contribution in [0.4, 0.5) is 0 Å². The van der Waals surface area contributed by atoms with Gasteiger partial charge in [-0.1, -0.05) is 29.8 Å². The summed E-state index contributed by atoms with van der Waals surface area (Å²) in [6.45, 7) is 6.25. The van der Waals surface area contributed by atoms with Gasteiger partial charge in [0.15, 0.2) is 0 Å². The van der Waals surface area contributed by atoms with Gasteiger partial charge in [0.2, 0.25) is 0 Å². The van der Waals surface area contributed by atoms with Crippen molar-refractivity contribution in [3.63, 3.8) is 0 Å². The lowest BCUT2D eigenvalue weighted by Gasteiger charge is -2.13. The van der Waals surface area contributed by atoms with Crippen LogP contribution in [0.3, 0.4) is 0 Å². The molecule has 1 nitrogen and oxygen atoms in total. The zero-order valence-corrected chi connectivity index (χ0v) is 11.8. The minimum Gasteiger partial charge on any atom is -0.506 e. The zero-order chi connectivity index (χ0) is 12.6. The third-order valence-corrected chi connectivity index (χ3v) is 3.57. The highest BCUT2D eigenvalue weighted by atomic mass is 79.9. The molecule has 0 unspecified atom stereocenters. The van der Waals surface area contributed by atoms with Gasteiger partial charge in [-0.3, -0.25) is 0 Å². The Morgan fingerprint density at radius 3 is 2.18 bits per heavy atom. The van der Waals surface area contributed by atoms with Gasteiger partial charge >= 0.3 is 0 Å². The Labute approximate surface area is 110 Å². The minimum atomic E-state index is 0.308. The second kappa shape index (κ2) is 4.53. The molecule has 1 N–H and O–H groups in total. The van der Waals surface area contributed by atoms with Crippen LogP contribution in [0.5, 0.6) is 5.75 Å². The SMILES string of the molecule is Cc1cc(C)c(-c2cccc(Br)c2O)c(C)c1. The zero-order valence-electron chi connectivity index (χ0n) is 10.2. The quantitative estimate of drug-likeness (QED) is 0.804. The average Bonchev–Trinajstić information content (AvgIpc) is 2.23. The number of hydrogen-bond donors (Lipinski definition) is 1. The molecule has 0 saturated heterocycles. The van der Waals surface area contributed by atoms with E-state index in [0.717, 1.165) is 15.6 Å². The average molecular weight is 291 g/mol. The summed E-state index contributed by atoms with van der Waals surface area (Å²) in [5.41, 5.74) is 5.63. The third-order valence-electron chi connectivity index (χ3n) is 2.93. The Morgan fingerprint density at radius 1 is 1.00 bits per heavy atom. The van der Waals surface area contributed by atoms with E-state index in [1.54, 1.807) is 0 Å². The van der Waals surface area contributed by atoms with E-state index in [1.165, 1.54) is 16.7 Å². The molecule has 2 aromatic rings. The van der Waals surface area contributed by atoms with Gasteiger partial charge in [0, 0.05) is 5.56 Å². The summed E-state index contributed by atoms with van der Waals surface area (Å²) in [6.07, 6.45) is 0. The molecule has 0 aliphatic carbocycles. The third kappa shape index (κ3) is 2.22. The Hall–Kier alpha value is -1.28. The van der Waals surface area contributed by atoms with Crippen molar-refractivity contribution in [3.05, 3.63) is 51.5 Å². The molecule has 2 heteroatoms. The minimum absolute atomic E-state index is 0.308. The number of rotatable bonds is 1. The highest BCUT2D eigenvalue weighted by molar-refractivity contribution is 9.10. The maximum atomic E-state index is 10.1. The van der Waals surface area contributed by atoms with Crippen LogP contribution >= 0.6 is 15.9 Å². The predicted molar refractivity (Wildman–Crippen MR) is 75.5 cm³/mol. The molecule has 0 spiro atoms. The van der Waals surface area contributed by atoms with Gasteiger partial charge in [0.25, 0.3) is 0 Å².